The number of quaternary nitrogens is 1. The highest BCUT2D eigenvalue weighted by atomic mass is 19.4. The maximum absolute atomic E-state index is 12.2. The van der Waals surface area contributed by atoms with Crippen molar-refractivity contribution in [2.45, 2.75) is 12.3 Å². The molecule has 0 fully saturated rings. The number of benzene rings is 1. The summed E-state index contributed by atoms with van der Waals surface area (Å²) in [6.45, 7) is 0.154. The van der Waals surface area contributed by atoms with E-state index in [2.05, 4.69) is 5.73 Å². The lowest BCUT2D eigenvalue weighted by Gasteiger charge is -2.10. The van der Waals surface area contributed by atoms with Crippen LogP contribution in [-0.2, 0) is 6.18 Å². The van der Waals surface area contributed by atoms with Crippen molar-refractivity contribution < 1.29 is 24.0 Å². The molecule has 78 valence electrons. The lowest BCUT2D eigenvalue weighted by molar-refractivity contribution is -0.385. The Hall–Kier alpha value is -1.07. The fourth-order valence-corrected chi connectivity index (χ4v) is 1.09. The molecule has 0 radical (unpaired) electrons. The molecule has 0 aliphatic carbocycles. The molecule has 0 aromatic heterocycles. The maximum atomic E-state index is 12.2. The van der Waals surface area contributed by atoms with Gasteiger partial charge in [-0.2, -0.15) is 13.2 Å². The lowest BCUT2D eigenvalue weighted by atomic mass is 10.1. The molecule has 0 unspecified atom stereocenters. The molecule has 1 rings (SSSR count). The highest BCUT2D eigenvalue weighted by molar-refractivity contribution is 5.27. The molecule has 0 aliphatic heterocycles. The summed E-state index contributed by atoms with van der Waals surface area (Å²) in [7, 11) is 0. The minimum atomic E-state index is -4.36. The molecular formula is C9H11F3NO+. The zero-order chi connectivity index (χ0) is 10.8. The Balaban J connectivity index is 3.01. The van der Waals surface area contributed by atoms with Crippen molar-refractivity contribution in [1.29, 1.82) is 0 Å². The van der Waals surface area contributed by atoms with Gasteiger partial charge in [-0.3, -0.25) is 0 Å². The van der Waals surface area contributed by atoms with Gasteiger partial charge >= 0.3 is 6.18 Å². The Morgan fingerprint density at radius 3 is 2.50 bits per heavy atom. The predicted octanol–water partition coefficient (Wildman–Crippen LogP) is 0.981. The van der Waals surface area contributed by atoms with Gasteiger partial charge in [0.05, 0.1) is 5.56 Å². The van der Waals surface area contributed by atoms with Gasteiger partial charge in [-0.15, -0.1) is 0 Å². The monoisotopic (exact) mass is 206 g/mol. The first kappa shape index (κ1) is 11.0. The molecule has 1 aromatic rings. The largest absolute Gasteiger partial charge is 0.416 e. The van der Waals surface area contributed by atoms with E-state index in [1.165, 1.54) is 12.1 Å². The van der Waals surface area contributed by atoms with E-state index in [9.17, 15) is 18.3 Å². The van der Waals surface area contributed by atoms with Crippen LogP contribution in [-0.4, -0.2) is 11.7 Å². The predicted molar refractivity (Wildman–Crippen MR) is 44.2 cm³/mol. The molecule has 0 heterocycles. The Labute approximate surface area is 79.2 Å². The minimum Gasteiger partial charge on any atom is -0.382 e. The SMILES string of the molecule is [NH3+]C[C@H](O)c1cccc(C(F)(F)F)c1. The van der Waals surface area contributed by atoms with Crippen LogP contribution in [0.3, 0.4) is 0 Å². The summed E-state index contributed by atoms with van der Waals surface area (Å²) in [5.41, 5.74) is 2.92. The summed E-state index contributed by atoms with van der Waals surface area (Å²) in [6.07, 6.45) is -5.30. The van der Waals surface area contributed by atoms with Gasteiger partial charge in [-0.1, -0.05) is 12.1 Å². The van der Waals surface area contributed by atoms with E-state index in [0.29, 0.717) is 0 Å². The smallest absolute Gasteiger partial charge is 0.382 e. The maximum Gasteiger partial charge on any atom is 0.416 e. The zero-order valence-electron chi connectivity index (χ0n) is 7.38. The summed E-state index contributed by atoms with van der Waals surface area (Å²) < 4.78 is 36.7. The van der Waals surface area contributed by atoms with Gasteiger partial charge in [0.1, 0.15) is 12.6 Å². The summed E-state index contributed by atoms with van der Waals surface area (Å²) in [4.78, 5) is 0. The van der Waals surface area contributed by atoms with Crippen LogP contribution >= 0.6 is 0 Å². The van der Waals surface area contributed by atoms with E-state index in [1.807, 2.05) is 0 Å². The van der Waals surface area contributed by atoms with Crippen LogP contribution in [0, 0.1) is 0 Å². The van der Waals surface area contributed by atoms with Crippen molar-refractivity contribution in [1.82, 2.24) is 0 Å². The van der Waals surface area contributed by atoms with Crippen molar-refractivity contribution in [3.05, 3.63) is 35.4 Å². The fourth-order valence-electron chi connectivity index (χ4n) is 1.09. The second kappa shape index (κ2) is 3.98. The highest BCUT2D eigenvalue weighted by Gasteiger charge is 2.30. The molecule has 14 heavy (non-hydrogen) atoms. The van der Waals surface area contributed by atoms with Crippen LogP contribution in [0.25, 0.3) is 0 Å². The molecule has 1 atom stereocenters. The first-order valence-corrected chi connectivity index (χ1v) is 4.09. The van der Waals surface area contributed by atoms with E-state index in [-0.39, 0.29) is 12.1 Å². The van der Waals surface area contributed by atoms with Gasteiger partial charge in [-0.05, 0) is 17.7 Å². The topological polar surface area (TPSA) is 47.9 Å². The number of rotatable bonds is 2. The van der Waals surface area contributed by atoms with Gasteiger partial charge in [-0.25, -0.2) is 0 Å². The van der Waals surface area contributed by atoms with E-state index in [1.54, 1.807) is 0 Å². The summed E-state index contributed by atoms with van der Waals surface area (Å²) >= 11 is 0. The third-order valence-corrected chi connectivity index (χ3v) is 1.87. The number of hydrogen-bond donors (Lipinski definition) is 2. The first-order chi connectivity index (χ1) is 6.45. The Morgan fingerprint density at radius 1 is 1.36 bits per heavy atom. The van der Waals surface area contributed by atoms with Crippen molar-refractivity contribution in [3.63, 3.8) is 0 Å². The Bertz CT molecular complexity index is 311. The van der Waals surface area contributed by atoms with Crippen LogP contribution in [0.15, 0.2) is 24.3 Å². The van der Waals surface area contributed by atoms with E-state index in [4.69, 9.17) is 0 Å². The minimum absolute atomic E-state index is 0.154. The van der Waals surface area contributed by atoms with Crippen LogP contribution in [0.5, 0.6) is 0 Å². The summed E-state index contributed by atoms with van der Waals surface area (Å²) in [5.74, 6) is 0. The van der Waals surface area contributed by atoms with E-state index >= 15 is 0 Å². The van der Waals surface area contributed by atoms with Crippen LogP contribution in [0.2, 0.25) is 0 Å². The van der Waals surface area contributed by atoms with Crippen LogP contribution in [0.1, 0.15) is 17.2 Å². The van der Waals surface area contributed by atoms with Gasteiger partial charge in [0.2, 0.25) is 0 Å². The standard InChI is InChI=1S/C9H10F3NO/c10-9(11,12)7-3-1-2-6(4-7)8(14)5-13/h1-4,8,14H,5,13H2/p+1/t8-/m0/s1. The Kier molecular flexibility index (Phi) is 3.13. The number of aliphatic hydroxyl groups excluding tert-OH is 1. The second-order valence-corrected chi connectivity index (χ2v) is 2.93. The van der Waals surface area contributed by atoms with Crippen LogP contribution in [0.4, 0.5) is 13.2 Å². The number of aliphatic hydroxyl groups is 1. The molecule has 2 nitrogen and oxygen atoms in total. The van der Waals surface area contributed by atoms with Gasteiger partial charge in [0.25, 0.3) is 0 Å². The molecule has 0 aliphatic rings. The average Bonchev–Trinajstić information content (AvgIpc) is 2.15. The van der Waals surface area contributed by atoms with E-state index in [0.717, 1.165) is 12.1 Å². The number of halogens is 3. The summed E-state index contributed by atoms with van der Waals surface area (Å²) in [6, 6.07) is 4.64. The molecule has 0 amide bonds. The second-order valence-electron chi connectivity index (χ2n) is 2.93. The molecule has 0 saturated heterocycles. The quantitative estimate of drug-likeness (QED) is 0.744. The van der Waals surface area contributed by atoms with Crippen molar-refractivity contribution >= 4 is 0 Å². The van der Waals surface area contributed by atoms with Gasteiger partial charge in [0, 0.05) is 0 Å². The number of alkyl halides is 3. The van der Waals surface area contributed by atoms with Crippen molar-refractivity contribution in [3.8, 4) is 0 Å². The van der Waals surface area contributed by atoms with Gasteiger partial charge in [0.15, 0.2) is 0 Å². The summed E-state index contributed by atoms with van der Waals surface area (Å²) in [5, 5.41) is 9.29. The number of hydrogen-bond acceptors (Lipinski definition) is 1. The van der Waals surface area contributed by atoms with Crippen molar-refractivity contribution in [2.24, 2.45) is 0 Å². The molecule has 0 saturated carbocycles. The highest BCUT2D eigenvalue weighted by Crippen LogP contribution is 2.30. The van der Waals surface area contributed by atoms with E-state index < -0.39 is 17.8 Å². The first-order valence-electron chi connectivity index (χ1n) is 4.09. The normalized spacial score (nSPS) is 14.1. The molecular weight excluding hydrogens is 195 g/mol. The zero-order valence-corrected chi connectivity index (χ0v) is 7.38. The third kappa shape index (κ3) is 2.46. The van der Waals surface area contributed by atoms with Crippen molar-refractivity contribution in [2.75, 3.05) is 6.54 Å². The molecule has 5 heteroatoms. The molecule has 0 spiro atoms. The molecule has 1 aromatic carbocycles. The fraction of sp³-hybridized carbons (Fsp3) is 0.333. The van der Waals surface area contributed by atoms with Crippen LogP contribution < -0.4 is 5.73 Å². The molecule has 0 bridgehead atoms. The third-order valence-electron chi connectivity index (χ3n) is 1.87. The lowest BCUT2D eigenvalue weighted by Crippen LogP contribution is -2.52. The molecule has 4 N–H and O–H groups in total. The average molecular weight is 206 g/mol. The Morgan fingerprint density at radius 2 is 2.00 bits per heavy atom. The van der Waals surface area contributed by atoms with Gasteiger partial charge < -0.3 is 10.8 Å².